The maximum atomic E-state index is 12.2. The van der Waals surface area contributed by atoms with Crippen LogP contribution in [-0.2, 0) is 19.1 Å². The van der Waals surface area contributed by atoms with Gasteiger partial charge >= 0.3 is 5.97 Å². The van der Waals surface area contributed by atoms with Crippen LogP contribution in [-0.4, -0.2) is 28.9 Å². The van der Waals surface area contributed by atoms with Crippen molar-refractivity contribution in [2.45, 2.75) is 20.0 Å². The van der Waals surface area contributed by atoms with E-state index in [2.05, 4.69) is 15.6 Å². The number of carbonyl (C=O) groups excluding carboxylic acids is 3. The lowest BCUT2D eigenvalue weighted by Crippen LogP contribution is -2.29. The first-order valence-corrected chi connectivity index (χ1v) is 9.65. The maximum Gasteiger partial charge on any atom is 0.331 e. The van der Waals surface area contributed by atoms with E-state index < -0.39 is 18.0 Å². The molecule has 3 aromatic rings. The Bertz CT molecular complexity index is 1040. The Morgan fingerprint density at radius 1 is 1.03 bits per heavy atom. The molecule has 0 bridgehead atoms. The van der Waals surface area contributed by atoms with Crippen molar-refractivity contribution in [1.82, 2.24) is 4.98 Å². The van der Waals surface area contributed by atoms with Crippen molar-refractivity contribution in [2.75, 3.05) is 10.6 Å². The van der Waals surface area contributed by atoms with E-state index in [1.807, 2.05) is 24.3 Å². The molecule has 3 rings (SSSR count). The van der Waals surface area contributed by atoms with E-state index in [9.17, 15) is 14.4 Å². The largest absolute Gasteiger partial charge is 0.449 e. The van der Waals surface area contributed by atoms with Gasteiger partial charge in [-0.3, -0.25) is 9.59 Å². The van der Waals surface area contributed by atoms with Gasteiger partial charge in [-0.05, 0) is 49.4 Å². The van der Waals surface area contributed by atoms with Crippen LogP contribution >= 0.6 is 11.3 Å². The van der Waals surface area contributed by atoms with Crippen LogP contribution < -0.4 is 10.6 Å². The van der Waals surface area contributed by atoms with Gasteiger partial charge in [-0.25, -0.2) is 9.78 Å². The van der Waals surface area contributed by atoms with Gasteiger partial charge in [0.2, 0.25) is 5.91 Å². The molecule has 1 unspecified atom stereocenters. The predicted molar refractivity (Wildman–Crippen MR) is 114 cm³/mol. The number of hydrogen-bond donors (Lipinski definition) is 2. The third kappa shape index (κ3) is 5.73. The highest BCUT2D eigenvalue weighted by atomic mass is 32.1. The number of carbonyl (C=O) groups is 3. The average molecular weight is 409 g/mol. The standard InChI is InChI=1S/C21H19N3O4S/c1-13(21(27)23-16-9-7-15(8-10-16)22-14(2)25)28-20(26)12-11-19-24-17-5-3-4-6-18(17)29-19/h3-13H,1-2H3,(H,22,25)(H,23,27)/b12-11+. The second kappa shape index (κ2) is 9.11. The lowest BCUT2D eigenvalue weighted by molar-refractivity contribution is -0.148. The molecule has 1 aromatic heterocycles. The van der Waals surface area contributed by atoms with Crippen molar-refractivity contribution in [3.05, 3.63) is 59.6 Å². The van der Waals surface area contributed by atoms with Crippen LogP contribution in [0.2, 0.25) is 0 Å². The molecule has 1 heterocycles. The van der Waals surface area contributed by atoms with E-state index in [0.717, 1.165) is 10.2 Å². The van der Waals surface area contributed by atoms with Gasteiger partial charge in [-0.1, -0.05) is 12.1 Å². The molecule has 1 atom stereocenters. The average Bonchev–Trinajstić information content (AvgIpc) is 3.10. The molecule has 8 heteroatoms. The highest BCUT2D eigenvalue weighted by Crippen LogP contribution is 2.22. The summed E-state index contributed by atoms with van der Waals surface area (Å²) in [5.74, 6) is -1.27. The lowest BCUT2D eigenvalue weighted by atomic mass is 10.2. The van der Waals surface area contributed by atoms with Crippen LogP contribution in [0.5, 0.6) is 0 Å². The summed E-state index contributed by atoms with van der Waals surface area (Å²) in [5.41, 5.74) is 2.01. The minimum atomic E-state index is -0.975. The van der Waals surface area contributed by atoms with E-state index in [1.54, 1.807) is 30.3 Å². The molecule has 29 heavy (non-hydrogen) atoms. The Hall–Kier alpha value is -3.52. The number of aromatic nitrogens is 1. The van der Waals surface area contributed by atoms with Gasteiger partial charge < -0.3 is 15.4 Å². The van der Waals surface area contributed by atoms with Gasteiger partial charge in [-0.15, -0.1) is 11.3 Å². The number of nitrogens with one attached hydrogen (secondary N) is 2. The molecule has 0 fully saturated rings. The minimum Gasteiger partial charge on any atom is -0.449 e. The first-order valence-electron chi connectivity index (χ1n) is 8.83. The fourth-order valence-electron chi connectivity index (χ4n) is 2.45. The van der Waals surface area contributed by atoms with Gasteiger partial charge in [-0.2, -0.15) is 0 Å². The zero-order valence-corrected chi connectivity index (χ0v) is 16.7. The summed E-state index contributed by atoms with van der Waals surface area (Å²) in [6, 6.07) is 14.3. The fourth-order valence-corrected chi connectivity index (χ4v) is 3.32. The Morgan fingerprint density at radius 2 is 1.69 bits per heavy atom. The molecule has 0 saturated heterocycles. The number of ether oxygens (including phenoxy) is 1. The number of thiazole rings is 1. The third-order valence-electron chi connectivity index (χ3n) is 3.81. The van der Waals surface area contributed by atoms with Crippen molar-refractivity contribution in [2.24, 2.45) is 0 Å². The van der Waals surface area contributed by atoms with Gasteiger partial charge in [0.1, 0.15) is 5.01 Å². The molecule has 0 aliphatic heterocycles. The summed E-state index contributed by atoms with van der Waals surface area (Å²) in [6.45, 7) is 2.90. The molecular formula is C21H19N3O4S. The Labute approximate surface area is 171 Å². The van der Waals surface area contributed by atoms with E-state index in [1.165, 1.54) is 31.3 Å². The topological polar surface area (TPSA) is 97.4 Å². The summed E-state index contributed by atoms with van der Waals surface area (Å²) >= 11 is 1.46. The zero-order valence-electron chi connectivity index (χ0n) is 15.8. The number of fused-ring (bicyclic) bond motifs is 1. The summed E-state index contributed by atoms with van der Waals surface area (Å²) in [4.78, 5) is 39.6. The summed E-state index contributed by atoms with van der Waals surface area (Å²) in [6.07, 6.45) is 1.85. The normalized spacial score (nSPS) is 11.9. The predicted octanol–water partition coefficient (Wildman–Crippen LogP) is 3.84. The first kappa shape index (κ1) is 20.2. The first-order chi connectivity index (χ1) is 13.9. The number of esters is 1. The highest BCUT2D eigenvalue weighted by Gasteiger charge is 2.16. The molecule has 2 N–H and O–H groups in total. The van der Waals surface area contributed by atoms with Crippen molar-refractivity contribution >= 4 is 56.8 Å². The second-order valence-corrected chi connectivity index (χ2v) is 7.24. The third-order valence-corrected chi connectivity index (χ3v) is 4.81. The lowest BCUT2D eigenvalue weighted by Gasteiger charge is -2.12. The van der Waals surface area contributed by atoms with E-state index >= 15 is 0 Å². The Morgan fingerprint density at radius 3 is 2.34 bits per heavy atom. The van der Waals surface area contributed by atoms with Crippen molar-refractivity contribution in [3.8, 4) is 0 Å². The molecule has 0 saturated carbocycles. The second-order valence-electron chi connectivity index (χ2n) is 6.18. The number of rotatable bonds is 6. The molecule has 0 spiro atoms. The fraction of sp³-hybridized carbons (Fsp3) is 0.143. The SMILES string of the molecule is CC(=O)Nc1ccc(NC(=O)C(C)OC(=O)/C=C/c2nc3ccccc3s2)cc1. The monoisotopic (exact) mass is 409 g/mol. The molecule has 0 radical (unpaired) electrons. The number of nitrogens with zero attached hydrogens (tertiary/aromatic N) is 1. The quantitative estimate of drug-likeness (QED) is 0.476. The molecule has 0 aliphatic rings. The van der Waals surface area contributed by atoms with Crippen molar-refractivity contribution < 1.29 is 19.1 Å². The molecule has 0 aliphatic carbocycles. The van der Waals surface area contributed by atoms with Crippen LogP contribution in [0.3, 0.4) is 0 Å². The molecule has 2 aromatic carbocycles. The van der Waals surface area contributed by atoms with E-state index in [4.69, 9.17) is 4.74 Å². The molecule has 2 amide bonds. The highest BCUT2D eigenvalue weighted by molar-refractivity contribution is 7.19. The Kier molecular flexibility index (Phi) is 6.36. The number of para-hydroxylation sites is 1. The van der Waals surface area contributed by atoms with Crippen LogP contribution in [0.1, 0.15) is 18.9 Å². The molecular weight excluding hydrogens is 390 g/mol. The number of amides is 2. The van der Waals surface area contributed by atoms with Crippen LogP contribution in [0.4, 0.5) is 11.4 Å². The van der Waals surface area contributed by atoms with E-state index in [0.29, 0.717) is 16.4 Å². The number of hydrogen-bond acceptors (Lipinski definition) is 6. The van der Waals surface area contributed by atoms with Gasteiger partial charge in [0.15, 0.2) is 6.10 Å². The minimum absolute atomic E-state index is 0.179. The van der Waals surface area contributed by atoms with Crippen LogP contribution in [0, 0.1) is 0 Å². The van der Waals surface area contributed by atoms with Crippen molar-refractivity contribution in [3.63, 3.8) is 0 Å². The Balaban J connectivity index is 1.53. The van der Waals surface area contributed by atoms with E-state index in [-0.39, 0.29) is 5.91 Å². The van der Waals surface area contributed by atoms with Crippen LogP contribution in [0.25, 0.3) is 16.3 Å². The summed E-state index contributed by atoms with van der Waals surface area (Å²) in [7, 11) is 0. The zero-order chi connectivity index (χ0) is 20.8. The van der Waals surface area contributed by atoms with Crippen molar-refractivity contribution in [1.29, 1.82) is 0 Å². The van der Waals surface area contributed by atoms with Gasteiger partial charge in [0, 0.05) is 24.4 Å². The van der Waals surface area contributed by atoms with Crippen LogP contribution in [0.15, 0.2) is 54.6 Å². The summed E-state index contributed by atoms with van der Waals surface area (Å²) < 4.78 is 6.16. The summed E-state index contributed by atoms with van der Waals surface area (Å²) in [5, 5.41) is 5.97. The maximum absolute atomic E-state index is 12.2. The van der Waals surface area contributed by atoms with Gasteiger partial charge in [0.25, 0.3) is 5.91 Å². The number of anilines is 2. The van der Waals surface area contributed by atoms with Gasteiger partial charge in [0.05, 0.1) is 10.2 Å². The molecule has 7 nitrogen and oxygen atoms in total. The molecule has 148 valence electrons. The number of benzene rings is 2. The smallest absolute Gasteiger partial charge is 0.331 e.